The highest BCUT2D eigenvalue weighted by Crippen LogP contribution is 2.32. The number of halogens is 1. The van der Waals surface area contributed by atoms with Crippen molar-refractivity contribution >= 4 is 32.7 Å². The first kappa shape index (κ1) is 20.5. The second kappa shape index (κ2) is 7.79. The number of carbonyl (C=O) groups excluding carboxylic acids is 1. The molecule has 1 fully saturated rings. The van der Waals surface area contributed by atoms with Crippen LogP contribution in [0.4, 0.5) is 9.52 Å². The lowest BCUT2D eigenvalue weighted by atomic mass is 10.1. The Balaban J connectivity index is 1.58. The number of aromatic amines is 1. The van der Waals surface area contributed by atoms with Gasteiger partial charge in [0.15, 0.2) is 21.1 Å². The molecular weight excluding hydrogens is 405 g/mol. The van der Waals surface area contributed by atoms with Crippen LogP contribution >= 0.6 is 11.3 Å². The van der Waals surface area contributed by atoms with Gasteiger partial charge in [-0.3, -0.25) is 9.59 Å². The van der Waals surface area contributed by atoms with Gasteiger partial charge in [-0.1, -0.05) is 41.7 Å². The Bertz CT molecular complexity index is 1120. The normalized spacial score (nSPS) is 18.0. The molecule has 3 heterocycles. The first-order valence-electron chi connectivity index (χ1n) is 9.96. The van der Waals surface area contributed by atoms with Crippen molar-refractivity contribution < 1.29 is 9.18 Å². The van der Waals surface area contributed by atoms with Gasteiger partial charge >= 0.3 is 0 Å². The molecule has 0 spiro atoms. The molecule has 1 amide bonds. The molecule has 0 bridgehead atoms. The highest BCUT2D eigenvalue weighted by molar-refractivity contribution is 7.21. The smallest absolute Gasteiger partial charge is 0.278 e. The largest absolute Gasteiger partial charge is 0.348 e. The van der Waals surface area contributed by atoms with Gasteiger partial charge in [-0.25, -0.2) is 14.4 Å². The Hall–Kier alpha value is -2.81. The van der Waals surface area contributed by atoms with E-state index in [9.17, 15) is 14.0 Å². The van der Waals surface area contributed by atoms with Crippen LogP contribution in [0.5, 0.6) is 0 Å². The van der Waals surface area contributed by atoms with Crippen LogP contribution in [0, 0.1) is 0 Å². The summed E-state index contributed by atoms with van der Waals surface area (Å²) >= 11 is 1.21. The fourth-order valence-electron chi connectivity index (χ4n) is 3.63. The van der Waals surface area contributed by atoms with E-state index in [0.29, 0.717) is 22.9 Å². The fraction of sp³-hybridized carbons (Fsp3) is 0.429. The molecule has 0 radical (unpaired) electrons. The van der Waals surface area contributed by atoms with E-state index in [2.05, 4.69) is 20.3 Å². The molecule has 1 saturated heterocycles. The fourth-order valence-corrected chi connectivity index (χ4v) is 4.65. The number of aromatic nitrogens is 3. The van der Waals surface area contributed by atoms with Gasteiger partial charge in [0.2, 0.25) is 5.91 Å². The summed E-state index contributed by atoms with van der Waals surface area (Å²) < 4.78 is 14.3. The number of anilines is 1. The quantitative estimate of drug-likeness (QED) is 0.648. The number of thiazole rings is 1. The number of amides is 1. The van der Waals surface area contributed by atoms with E-state index >= 15 is 0 Å². The Morgan fingerprint density at radius 3 is 2.77 bits per heavy atom. The van der Waals surface area contributed by atoms with Crippen LogP contribution in [0.1, 0.15) is 51.0 Å². The van der Waals surface area contributed by atoms with Crippen molar-refractivity contribution in [2.45, 2.75) is 51.4 Å². The molecular formula is C21H24FN5O2S. The van der Waals surface area contributed by atoms with Gasteiger partial charge < -0.3 is 15.2 Å². The Labute approximate surface area is 177 Å². The van der Waals surface area contributed by atoms with Crippen LogP contribution in [0.25, 0.3) is 10.3 Å². The number of rotatable bonds is 5. The second-order valence-corrected chi connectivity index (χ2v) is 8.99. The van der Waals surface area contributed by atoms with E-state index in [1.54, 1.807) is 0 Å². The molecule has 30 heavy (non-hydrogen) atoms. The molecule has 158 valence electrons. The second-order valence-electron chi connectivity index (χ2n) is 8.03. The van der Waals surface area contributed by atoms with Crippen molar-refractivity contribution in [1.29, 1.82) is 0 Å². The van der Waals surface area contributed by atoms with Gasteiger partial charge in [0.1, 0.15) is 11.9 Å². The lowest BCUT2D eigenvalue weighted by Gasteiger charge is -2.25. The summed E-state index contributed by atoms with van der Waals surface area (Å²) in [4.78, 5) is 38.8. The predicted octanol–water partition coefficient (Wildman–Crippen LogP) is 3.43. The van der Waals surface area contributed by atoms with E-state index in [1.807, 2.05) is 42.2 Å². The van der Waals surface area contributed by atoms with E-state index < -0.39 is 11.2 Å². The minimum atomic E-state index is -1.76. The molecule has 1 aromatic carbocycles. The van der Waals surface area contributed by atoms with Crippen LogP contribution < -0.4 is 15.8 Å². The average Bonchev–Trinajstić information content (AvgIpc) is 3.35. The first-order valence-corrected chi connectivity index (χ1v) is 10.8. The molecule has 0 aliphatic carbocycles. The summed E-state index contributed by atoms with van der Waals surface area (Å²) in [6.45, 7) is 5.30. The summed E-state index contributed by atoms with van der Waals surface area (Å²) in [7, 11) is 0. The van der Waals surface area contributed by atoms with Gasteiger partial charge in [0, 0.05) is 6.54 Å². The topological polar surface area (TPSA) is 91.0 Å². The maximum atomic E-state index is 14.3. The molecule has 2 atom stereocenters. The zero-order chi connectivity index (χ0) is 21.5. The number of hydrogen-bond donors (Lipinski definition) is 2. The lowest BCUT2D eigenvalue weighted by molar-refractivity contribution is -0.122. The van der Waals surface area contributed by atoms with Crippen LogP contribution in [-0.4, -0.2) is 33.4 Å². The number of hydrogen-bond acceptors (Lipinski definition) is 6. The molecule has 2 aromatic heterocycles. The standard InChI is InChI=1S/C21H24FN5O2S/c1-12(13-8-5-4-6-9-13)23-16(28)14-10-7-11-27(14)20-24-15-17(29)25-19(21(2,3)22)26-18(15)30-20/h4-6,8-9,12,14H,7,10-11H2,1-3H3,(H,23,28)(H,25,26,29)/t12-,14-/m1/s1. The third kappa shape index (κ3) is 3.94. The van der Waals surface area contributed by atoms with Crippen molar-refractivity contribution in [3.05, 3.63) is 52.1 Å². The summed E-state index contributed by atoms with van der Waals surface area (Å²) in [5, 5.41) is 3.63. The molecule has 1 aliphatic rings. The third-order valence-corrected chi connectivity index (χ3v) is 6.27. The van der Waals surface area contributed by atoms with E-state index in [4.69, 9.17) is 0 Å². The van der Waals surface area contributed by atoms with Crippen molar-refractivity contribution in [2.75, 3.05) is 11.4 Å². The Morgan fingerprint density at radius 2 is 2.07 bits per heavy atom. The molecule has 1 aliphatic heterocycles. The third-order valence-electron chi connectivity index (χ3n) is 5.28. The molecule has 9 heteroatoms. The van der Waals surface area contributed by atoms with Crippen molar-refractivity contribution in [3.8, 4) is 0 Å². The summed E-state index contributed by atoms with van der Waals surface area (Å²) in [5.74, 6) is -0.0989. The minimum Gasteiger partial charge on any atom is -0.348 e. The highest BCUT2D eigenvalue weighted by Gasteiger charge is 2.34. The average molecular weight is 430 g/mol. The van der Waals surface area contributed by atoms with Crippen LogP contribution in [-0.2, 0) is 10.5 Å². The summed E-state index contributed by atoms with van der Waals surface area (Å²) in [6.07, 6.45) is 1.55. The molecule has 7 nitrogen and oxygen atoms in total. The zero-order valence-corrected chi connectivity index (χ0v) is 17.9. The number of alkyl halides is 1. The SMILES string of the molecule is C[C@@H](NC(=O)[C@H]1CCCN1c1nc2c(=O)[nH]c(C(C)(C)F)nc2s1)c1ccccc1. The molecule has 2 N–H and O–H groups in total. The Kier molecular flexibility index (Phi) is 5.31. The van der Waals surface area contributed by atoms with Crippen molar-refractivity contribution in [3.63, 3.8) is 0 Å². The van der Waals surface area contributed by atoms with E-state index in [0.717, 1.165) is 12.0 Å². The van der Waals surface area contributed by atoms with Gasteiger partial charge in [-0.15, -0.1) is 0 Å². The number of carbonyl (C=O) groups is 1. The highest BCUT2D eigenvalue weighted by atomic mass is 32.1. The van der Waals surface area contributed by atoms with Gasteiger partial charge in [-0.2, -0.15) is 0 Å². The number of benzene rings is 1. The Morgan fingerprint density at radius 1 is 1.33 bits per heavy atom. The van der Waals surface area contributed by atoms with Crippen LogP contribution in [0.15, 0.2) is 35.1 Å². The number of fused-ring (bicyclic) bond motifs is 1. The monoisotopic (exact) mass is 429 g/mol. The molecule has 0 saturated carbocycles. The molecule has 0 unspecified atom stereocenters. The van der Waals surface area contributed by atoms with Gasteiger partial charge in [0.25, 0.3) is 5.56 Å². The maximum absolute atomic E-state index is 14.3. The summed E-state index contributed by atoms with van der Waals surface area (Å²) in [5.41, 5.74) is -1.03. The van der Waals surface area contributed by atoms with Crippen molar-refractivity contribution in [2.24, 2.45) is 0 Å². The molecule has 4 rings (SSSR count). The van der Waals surface area contributed by atoms with Gasteiger partial charge in [0.05, 0.1) is 6.04 Å². The summed E-state index contributed by atoms with van der Waals surface area (Å²) in [6, 6.07) is 9.30. The maximum Gasteiger partial charge on any atom is 0.278 e. The zero-order valence-electron chi connectivity index (χ0n) is 17.1. The number of nitrogens with zero attached hydrogens (tertiary/aromatic N) is 3. The minimum absolute atomic E-state index is 0.0254. The predicted molar refractivity (Wildman–Crippen MR) is 116 cm³/mol. The number of H-pyrrole nitrogens is 1. The lowest BCUT2D eigenvalue weighted by Crippen LogP contribution is -2.44. The van der Waals surface area contributed by atoms with Crippen LogP contribution in [0.3, 0.4) is 0 Å². The van der Waals surface area contributed by atoms with E-state index in [1.165, 1.54) is 25.2 Å². The van der Waals surface area contributed by atoms with Crippen molar-refractivity contribution in [1.82, 2.24) is 20.3 Å². The molecule has 3 aromatic rings. The van der Waals surface area contributed by atoms with Gasteiger partial charge in [-0.05, 0) is 39.2 Å². The van der Waals surface area contributed by atoms with E-state index in [-0.39, 0.29) is 29.3 Å². The number of nitrogens with one attached hydrogen (secondary N) is 2. The van der Waals surface area contributed by atoms with Crippen LogP contribution in [0.2, 0.25) is 0 Å². The first-order chi connectivity index (χ1) is 14.2.